The van der Waals surface area contributed by atoms with Crippen molar-refractivity contribution < 1.29 is 23.1 Å². The Morgan fingerprint density at radius 1 is 1.26 bits per heavy atom. The number of thiazole rings is 1. The van der Waals surface area contributed by atoms with Crippen LogP contribution in [0.3, 0.4) is 0 Å². The summed E-state index contributed by atoms with van der Waals surface area (Å²) >= 11 is 1.69. The molecule has 0 saturated heterocycles. The van der Waals surface area contributed by atoms with Crippen LogP contribution in [0.25, 0.3) is 5.69 Å². The summed E-state index contributed by atoms with van der Waals surface area (Å²) in [5.74, 6) is -2.76. The van der Waals surface area contributed by atoms with E-state index in [1.165, 1.54) is 11.3 Å². The highest BCUT2D eigenvalue weighted by Crippen LogP contribution is 2.16. The maximum Gasteiger partial charge on any atom is 0.490 e. The van der Waals surface area contributed by atoms with Gasteiger partial charge in [-0.05, 0) is 36.8 Å². The highest BCUT2D eigenvalue weighted by molar-refractivity contribution is 7.09. The van der Waals surface area contributed by atoms with E-state index in [2.05, 4.69) is 58.5 Å². The summed E-state index contributed by atoms with van der Waals surface area (Å²) in [4.78, 5) is 13.2. The quantitative estimate of drug-likeness (QED) is 0.669. The van der Waals surface area contributed by atoms with Crippen LogP contribution in [-0.4, -0.2) is 26.8 Å². The van der Waals surface area contributed by atoms with Crippen molar-refractivity contribution in [1.29, 1.82) is 0 Å². The lowest BCUT2D eigenvalue weighted by molar-refractivity contribution is -0.192. The highest BCUT2D eigenvalue weighted by Gasteiger charge is 2.38. The molecule has 0 fully saturated rings. The van der Waals surface area contributed by atoms with E-state index in [0.717, 1.165) is 11.6 Å². The van der Waals surface area contributed by atoms with Gasteiger partial charge >= 0.3 is 12.1 Å². The van der Waals surface area contributed by atoms with Crippen LogP contribution in [0.4, 0.5) is 13.2 Å². The molecule has 3 rings (SSSR count). The topological polar surface area (TPSA) is 67.2 Å². The Kier molecular flexibility index (Phi) is 7.14. The van der Waals surface area contributed by atoms with Crippen molar-refractivity contribution >= 4 is 17.3 Å². The Labute approximate surface area is 158 Å². The first-order valence-corrected chi connectivity index (χ1v) is 8.80. The SMILES string of the molecule is CC(NCc1ccc(-n2cccc2)cc1)c1nccs1.O=C(O)C(F)(F)F. The van der Waals surface area contributed by atoms with Gasteiger partial charge in [0.15, 0.2) is 0 Å². The maximum atomic E-state index is 10.6. The number of benzene rings is 1. The summed E-state index contributed by atoms with van der Waals surface area (Å²) < 4.78 is 33.8. The average Bonchev–Trinajstić information content (AvgIpc) is 3.33. The van der Waals surface area contributed by atoms with E-state index in [1.807, 2.05) is 23.7 Å². The zero-order valence-electron chi connectivity index (χ0n) is 14.3. The first-order valence-electron chi connectivity index (χ1n) is 7.92. The van der Waals surface area contributed by atoms with Crippen LogP contribution < -0.4 is 5.32 Å². The van der Waals surface area contributed by atoms with Crippen molar-refractivity contribution in [3.8, 4) is 5.69 Å². The van der Waals surface area contributed by atoms with Crippen molar-refractivity contribution in [3.05, 3.63) is 70.9 Å². The van der Waals surface area contributed by atoms with E-state index in [1.54, 1.807) is 11.3 Å². The fraction of sp³-hybridized carbons (Fsp3) is 0.222. The maximum absolute atomic E-state index is 10.6. The molecule has 0 spiro atoms. The summed E-state index contributed by atoms with van der Waals surface area (Å²) in [5, 5.41) is 13.8. The Morgan fingerprint density at radius 3 is 2.33 bits per heavy atom. The number of hydrogen-bond acceptors (Lipinski definition) is 4. The molecule has 1 aromatic carbocycles. The number of halogens is 3. The van der Waals surface area contributed by atoms with Gasteiger partial charge in [-0.3, -0.25) is 0 Å². The van der Waals surface area contributed by atoms with Crippen LogP contribution in [0, 0.1) is 0 Å². The predicted octanol–water partition coefficient (Wildman–Crippen LogP) is 4.42. The second-order valence-corrected chi connectivity index (χ2v) is 6.46. The minimum atomic E-state index is -5.08. The van der Waals surface area contributed by atoms with Gasteiger partial charge in [-0.25, -0.2) is 9.78 Å². The summed E-state index contributed by atoms with van der Waals surface area (Å²) in [6, 6.07) is 13.0. The van der Waals surface area contributed by atoms with Crippen LogP contribution >= 0.6 is 11.3 Å². The number of carboxylic acids is 1. The molecule has 2 heterocycles. The third kappa shape index (κ3) is 6.54. The molecule has 1 unspecified atom stereocenters. The van der Waals surface area contributed by atoms with Gasteiger partial charge in [0, 0.05) is 36.2 Å². The Balaban J connectivity index is 0.000000321. The molecule has 0 aliphatic heterocycles. The van der Waals surface area contributed by atoms with Crippen molar-refractivity contribution in [2.75, 3.05) is 0 Å². The Bertz CT molecular complexity index is 817. The molecule has 2 N–H and O–H groups in total. The van der Waals surface area contributed by atoms with Crippen molar-refractivity contribution in [2.24, 2.45) is 0 Å². The fourth-order valence-corrected chi connectivity index (χ4v) is 2.77. The average molecular weight is 397 g/mol. The second-order valence-electron chi connectivity index (χ2n) is 5.53. The number of aromatic nitrogens is 2. The molecular weight excluding hydrogens is 379 g/mol. The Morgan fingerprint density at radius 2 is 1.85 bits per heavy atom. The molecule has 3 aromatic rings. The number of carboxylic acid groups (broad SMARTS) is 1. The number of nitrogens with zero attached hydrogens (tertiary/aromatic N) is 2. The van der Waals surface area contributed by atoms with Gasteiger partial charge in [-0.2, -0.15) is 13.2 Å². The van der Waals surface area contributed by atoms with E-state index >= 15 is 0 Å². The molecule has 5 nitrogen and oxygen atoms in total. The van der Waals surface area contributed by atoms with E-state index in [0.29, 0.717) is 6.04 Å². The lowest BCUT2D eigenvalue weighted by Gasteiger charge is -2.11. The third-order valence-corrected chi connectivity index (χ3v) is 4.47. The van der Waals surface area contributed by atoms with Crippen LogP contribution in [0.2, 0.25) is 0 Å². The monoisotopic (exact) mass is 397 g/mol. The summed E-state index contributed by atoms with van der Waals surface area (Å²) in [6.45, 7) is 3.00. The van der Waals surface area contributed by atoms with Gasteiger partial charge in [0.1, 0.15) is 5.01 Å². The molecule has 27 heavy (non-hydrogen) atoms. The van der Waals surface area contributed by atoms with Crippen molar-refractivity contribution in [3.63, 3.8) is 0 Å². The molecule has 0 aliphatic carbocycles. The molecule has 0 saturated carbocycles. The van der Waals surface area contributed by atoms with E-state index in [9.17, 15) is 13.2 Å². The molecule has 0 amide bonds. The minimum absolute atomic E-state index is 0.291. The fourth-order valence-electron chi connectivity index (χ4n) is 2.10. The Hall–Kier alpha value is -2.65. The third-order valence-electron chi connectivity index (χ3n) is 3.52. The van der Waals surface area contributed by atoms with Crippen LogP contribution in [0.5, 0.6) is 0 Å². The lowest BCUT2D eigenvalue weighted by atomic mass is 10.2. The molecule has 0 aliphatic rings. The predicted molar refractivity (Wildman–Crippen MR) is 96.8 cm³/mol. The van der Waals surface area contributed by atoms with Gasteiger partial charge in [0.2, 0.25) is 0 Å². The number of carbonyl (C=O) groups is 1. The second kappa shape index (κ2) is 9.33. The standard InChI is InChI=1S/C16H17N3S.C2HF3O2/c1-13(16-17-8-11-20-16)18-12-14-4-6-15(7-5-14)19-9-2-3-10-19;3-2(4,5)1(6)7/h2-11,13,18H,12H2,1H3;(H,6,7). The number of nitrogens with one attached hydrogen (secondary N) is 1. The van der Waals surface area contributed by atoms with E-state index in [4.69, 9.17) is 9.90 Å². The van der Waals surface area contributed by atoms with Crippen LogP contribution in [0.15, 0.2) is 60.4 Å². The van der Waals surface area contributed by atoms with Gasteiger partial charge in [0.25, 0.3) is 0 Å². The highest BCUT2D eigenvalue weighted by atomic mass is 32.1. The first-order chi connectivity index (χ1) is 12.8. The van der Waals surface area contributed by atoms with Crippen molar-refractivity contribution in [2.45, 2.75) is 25.7 Å². The van der Waals surface area contributed by atoms with Gasteiger partial charge in [-0.15, -0.1) is 11.3 Å². The molecular formula is C18H18F3N3O2S. The van der Waals surface area contributed by atoms with Gasteiger partial charge in [0.05, 0.1) is 6.04 Å². The number of aliphatic carboxylic acids is 1. The normalized spacial score (nSPS) is 12.1. The van der Waals surface area contributed by atoms with Gasteiger partial charge in [-0.1, -0.05) is 12.1 Å². The summed E-state index contributed by atoms with van der Waals surface area (Å²) in [5.41, 5.74) is 2.47. The van der Waals surface area contributed by atoms with Crippen LogP contribution in [0.1, 0.15) is 23.5 Å². The summed E-state index contributed by atoms with van der Waals surface area (Å²) in [6.07, 6.45) is 0.875. The first kappa shape index (κ1) is 20.7. The number of hydrogen-bond donors (Lipinski definition) is 2. The van der Waals surface area contributed by atoms with Crippen molar-refractivity contribution in [1.82, 2.24) is 14.9 Å². The largest absolute Gasteiger partial charge is 0.490 e. The van der Waals surface area contributed by atoms with Gasteiger partial charge < -0.3 is 15.0 Å². The summed E-state index contributed by atoms with van der Waals surface area (Å²) in [7, 11) is 0. The van der Waals surface area contributed by atoms with Crippen LogP contribution in [-0.2, 0) is 11.3 Å². The molecule has 2 aromatic heterocycles. The van der Waals surface area contributed by atoms with E-state index in [-0.39, 0.29) is 0 Å². The molecule has 144 valence electrons. The number of alkyl halides is 3. The van der Waals surface area contributed by atoms with E-state index < -0.39 is 12.1 Å². The molecule has 9 heteroatoms. The zero-order chi connectivity index (χ0) is 19.9. The molecule has 1 atom stereocenters. The minimum Gasteiger partial charge on any atom is -0.475 e. The molecule has 0 radical (unpaired) electrons. The molecule has 0 bridgehead atoms. The smallest absolute Gasteiger partial charge is 0.475 e. The zero-order valence-corrected chi connectivity index (χ0v) is 15.2. The number of rotatable bonds is 5. The lowest BCUT2D eigenvalue weighted by Crippen LogP contribution is -2.21.